The van der Waals surface area contributed by atoms with Gasteiger partial charge in [-0.05, 0) is 325 Å². The van der Waals surface area contributed by atoms with Gasteiger partial charge in [-0.15, -0.1) is 0 Å². The van der Waals surface area contributed by atoms with Gasteiger partial charge >= 0.3 is 0 Å². The lowest BCUT2D eigenvalue weighted by molar-refractivity contribution is -0.0111. The van der Waals surface area contributed by atoms with Crippen LogP contribution in [0.3, 0.4) is 0 Å². The highest BCUT2D eigenvalue weighted by molar-refractivity contribution is 5.40. The number of benzene rings is 8. The first-order valence-electron chi connectivity index (χ1n) is 56.3. The standard InChI is InChI=1S/C18H28O2.2C17H26O2.C16H24O2.C15H22O3.C15H22O2.C14H20O2.C13H18O2/c1-2-13-19-17-11-8-12-18(14-17)20-15-16-9-6-4-3-5-7-10-16;1-3-14(2)19-17-11-7-10-16(12-17)18-13-15-8-5-4-6-9-15;1-3-9-18-16-10-14(2)11-17(12-16)19-13-15-7-5-4-6-8-15;1-3-13(2)18-16-10-6-9-15(11-16)17-12-14-7-4-5-8-14;1-2-9-16-13-7-5-8-14(11-13)18-12-15-6-3-4-10-17-15;1-2-10-16-14-8-5-9-15(11-14)17-12-13-6-3-4-7-13;1-2-9-15-13-7-4-8-14(10-13)16-11-12-5-3-6-12;1-2-8-14-12-4-3-5-13(9-12)15-10-11-6-7-11/h8,11-12,14,16H,2-7,9-10,13,15H2,1H3;7,10-12,14-15H,3-6,8-9,13H2,1-2H3;10-12,15H,3-9,13H2,1-2H3;6,9-11,13-14H,3-5,7-8,12H2,1-2H3;5,7-8,11,15H,2-4,6,9-10,12H2,1H3;5,8-9,11,13H,2-4,6-7,10,12H2,1H3;4,7-8,10,12H,2-3,5-6,9,11H2,1H3;3-5,9,11H,2,6-8,10H2,1H3/t;14-;;13-;;;;/m.0.0..../s1. The van der Waals surface area contributed by atoms with Crippen LogP contribution < -0.4 is 75.8 Å². The maximum atomic E-state index is 5.98. The van der Waals surface area contributed by atoms with Crippen LogP contribution in [-0.2, 0) is 4.74 Å². The van der Waals surface area contributed by atoms with E-state index in [4.69, 9.17) is 80.5 Å². The predicted octanol–water partition coefficient (Wildman–Crippen LogP) is 33.6. The van der Waals surface area contributed by atoms with E-state index in [1.54, 1.807) is 0 Å². The Morgan fingerprint density at radius 1 is 0.211 bits per heavy atom. The van der Waals surface area contributed by atoms with Gasteiger partial charge in [0, 0.05) is 55.1 Å². The van der Waals surface area contributed by atoms with Crippen LogP contribution in [0.1, 0.15) is 338 Å². The van der Waals surface area contributed by atoms with E-state index in [0.29, 0.717) is 6.61 Å². The van der Waals surface area contributed by atoms with E-state index in [2.05, 4.69) is 88.3 Å². The number of hydrogen-bond donors (Lipinski definition) is 0. The van der Waals surface area contributed by atoms with Crippen LogP contribution in [0.5, 0.6) is 92.0 Å². The highest BCUT2D eigenvalue weighted by atomic mass is 16.5. The van der Waals surface area contributed by atoms with E-state index in [1.807, 2.05) is 176 Å². The zero-order valence-corrected chi connectivity index (χ0v) is 89.7. The zero-order valence-electron chi connectivity index (χ0n) is 89.7. The average Bonchev–Trinajstić information content (AvgIpc) is 1.31. The van der Waals surface area contributed by atoms with Gasteiger partial charge in [-0.25, -0.2) is 0 Å². The Balaban J connectivity index is 0.000000181. The molecule has 0 radical (unpaired) electrons. The van der Waals surface area contributed by atoms with Crippen molar-refractivity contribution in [2.24, 2.45) is 41.4 Å². The van der Waals surface area contributed by atoms with E-state index in [-0.39, 0.29) is 18.3 Å². The second-order valence-electron chi connectivity index (χ2n) is 40.3. The maximum absolute atomic E-state index is 5.98. The van der Waals surface area contributed by atoms with Crippen molar-refractivity contribution in [1.29, 1.82) is 0 Å². The van der Waals surface area contributed by atoms with E-state index in [1.165, 1.54) is 211 Å². The molecule has 0 aromatic heterocycles. The van der Waals surface area contributed by atoms with Gasteiger partial charge in [-0.3, -0.25) is 0 Å². The highest BCUT2D eigenvalue weighted by Gasteiger charge is 2.25. The lowest BCUT2D eigenvalue weighted by atomic mass is 9.86. The summed E-state index contributed by atoms with van der Waals surface area (Å²) in [6.07, 6.45) is 53.1. The molecule has 1 saturated heterocycles. The lowest BCUT2D eigenvalue weighted by Crippen LogP contribution is -2.25. The topological polar surface area (TPSA) is 157 Å². The molecule has 8 aromatic carbocycles. The summed E-state index contributed by atoms with van der Waals surface area (Å²) >= 11 is 0. The summed E-state index contributed by atoms with van der Waals surface area (Å²) < 4.78 is 97.6. The molecule has 8 aliphatic rings. The average molecular weight is 1960 g/mol. The Morgan fingerprint density at radius 2 is 0.408 bits per heavy atom. The van der Waals surface area contributed by atoms with E-state index in [0.717, 1.165) is 284 Å². The summed E-state index contributed by atoms with van der Waals surface area (Å²) in [4.78, 5) is 0. The fourth-order valence-electron chi connectivity index (χ4n) is 17.7. The monoisotopic (exact) mass is 1960 g/mol. The molecule has 8 fully saturated rings. The largest absolute Gasteiger partial charge is 0.493 e. The molecule has 1 heterocycles. The quantitative estimate of drug-likeness (QED) is 0.0354. The summed E-state index contributed by atoms with van der Waals surface area (Å²) in [5, 5.41) is 0. The Morgan fingerprint density at radius 3 is 0.655 bits per heavy atom. The molecule has 1 aliphatic heterocycles. The molecule has 1 unspecified atom stereocenters. The fraction of sp³-hybridized carbons (Fsp3) is 0.616. The van der Waals surface area contributed by atoms with Gasteiger partial charge in [0.15, 0.2) is 0 Å². The van der Waals surface area contributed by atoms with E-state index >= 15 is 0 Å². The third-order valence-corrected chi connectivity index (χ3v) is 27.0. The minimum atomic E-state index is 0.249. The molecule has 16 rings (SSSR count). The Kier molecular flexibility index (Phi) is 59.5. The summed E-state index contributed by atoms with van der Waals surface area (Å²) in [6, 6.07) is 61.9. The first-order chi connectivity index (χ1) is 69.7. The first-order valence-corrected chi connectivity index (χ1v) is 56.3. The Bertz CT molecular complexity index is 4450. The minimum Gasteiger partial charge on any atom is -0.493 e. The molecule has 7 saturated carbocycles. The van der Waals surface area contributed by atoms with Crippen LogP contribution >= 0.6 is 0 Å². The molecule has 0 spiro atoms. The SMILES string of the molecule is CCCOc1cc(C)cc(OCC2CCCCC2)c1.CCCOc1cccc(OCC2CC2)c1.CCCOc1cccc(OCC2CCC2)c1.CCCOc1cccc(OCC2CCCC2)c1.CCCOc1cccc(OCC2CCCCCCC2)c1.CCCOc1cccc(OCC2CCCCO2)c1.CC[C@H](C)Oc1cccc(OCC2CCCC2)c1.CC[C@H](C)Oc1cccc(OCC2CCCCC2)c1. The molecule has 0 bridgehead atoms. The maximum Gasteiger partial charge on any atom is 0.123 e. The van der Waals surface area contributed by atoms with Gasteiger partial charge in [0.2, 0.25) is 0 Å². The second-order valence-corrected chi connectivity index (χ2v) is 40.3. The Hall–Kier alpha value is -9.48. The number of aryl methyl sites for hydroxylation is 1. The van der Waals surface area contributed by atoms with Crippen molar-refractivity contribution in [1.82, 2.24) is 0 Å². The van der Waals surface area contributed by atoms with Crippen molar-refractivity contribution in [3.8, 4) is 92.0 Å². The van der Waals surface area contributed by atoms with Gasteiger partial charge in [-0.2, -0.15) is 0 Å². The van der Waals surface area contributed by atoms with Crippen LogP contribution in [-0.4, -0.2) is 117 Å². The summed E-state index contributed by atoms with van der Waals surface area (Å²) in [7, 11) is 0. The molecule has 7 aliphatic carbocycles. The van der Waals surface area contributed by atoms with Crippen molar-refractivity contribution < 1.29 is 80.5 Å². The van der Waals surface area contributed by atoms with Crippen LogP contribution in [0.4, 0.5) is 0 Å². The molecular formula is C125H186O17. The van der Waals surface area contributed by atoms with Gasteiger partial charge in [0.05, 0.1) is 104 Å². The summed E-state index contributed by atoms with van der Waals surface area (Å²) in [6.45, 7) is 35.3. The molecule has 8 aromatic rings. The predicted molar refractivity (Wildman–Crippen MR) is 582 cm³/mol. The van der Waals surface area contributed by atoms with E-state index < -0.39 is 0 Å². The molecule has 17 nitrogen and oxygen atoms in total. The lowest BCUT2D eigenvalue weighted by Gasteiger charge is -2.25. The van der Waals surface area contributed by atoms with Crippen molar-refractivity contribution >= 4 is 0 Å². The third-order valence-electron chi connectivity index (χ3n) is 27.0. The van der Waals surface area contributed by atoms with Crippen LogP contribution in [0.2, 0.25) is 0 Å². The smallest absolute Gasteiger partial charge is 0.123 e. The molecule has 788 valence electrons. The van der Waals surface area contributed by atoms with Gasteiger partial charge in [0.1, 0.15) is 98.6 Å². The summed E-state index contributed by atoms with van der Waals surface area (Å²) in [5.41, 5.74) is 1.20. The normalized spacial score (nSPS) is 17.0. The van der Waals surface area contributed by atoms with Crippen LogP contribution in [0.15, 0.2) is 188 Å². The molecule has 3 atom stereocenters. The number of ether oxygens (including phenoxy) is 17. The van der Waals surface area contributed by atoms with Crippen molar-refractivity contribution in [2.75, 3.05) is 99.1 Å². The molecule has 0 amide bonds. The third kappa shape index (κ3) is 51.8. The van der Waals surface area contributed by atoms with Gasteiger partial charge in [0.25, 0.3) is 0 Å². The molecular weight excluding hydrogens is 1770 g/mol. The van der Waals surface area contributed by atoms with Crippen molar-refractivity contribution in [3.63, 3.8) is 0 Å². The Labute approximate surface area is 859 Å². The van der Waals surface area contributed by atoms with Crippen molar-refractivity contribution in [3.05, 3.63) is 194 Å². The molecule has 17 heteroatoms. The first kappa shape index (κ1) is 116. The van der Waals surface area contributed by atoms with E-state index in [9.17, 15) is 0 Å². The zero-order chi connectivity index (χ0) is 100. The fourth-order valence-corrected chi connectivity index (χ4v) is 17.7. The highest BCUT2D eigenvalue weighted by Crippen LogP contribution is 2.36. The summed E-state index contributed by atoms with van der Waals surface area (Å²) in [5.74, 6) is 20.0. The molecule has 0 N–H and O–H groups in total. The van der Waals surface area contributed by atoms with Crippen molar-refractivity contribution in [2.45, 2.75) is 358 Å². The molecule has 142 heavy (non-hydrogen) atoms. The van der Waals surface area contributed by atoms with Crippen LogP contribution in [0, 0.1) is 48.3 Å². The van der Waals surface area contributed by atoms with Gasteiger partial charge < -0.3 is 80.5 Å². The van der Waals surface area contributed by atoms with Gasteiger partial charge in [-0.1, -0.05) is 201 Å². The number of rotatable bonds is 48. The number of hydrogen-bond acceptors (Lipinski definition) is 17. The minimum absolute atomic E-state index is 0.249. The second kappa shape index (κ2) is 72.7. The van der Waals surface area contributed by atoms with Crippen LogP contribution in [0.25, 0.3) is 0 Å².